The number of halogens is 1. The van der Waals surface area contributed by atoms with Gasteiger partial charge in [0.05, 0.1) is 16.7 Å². The monoisotopic (exact) mass is 468 g/mol. The van der Waals surface area contributed by atoms with Gasteiger partial charge in [0.1, 0.15) is 11.8 Å². The maximum Gasteiger partial charge on any atom is 0.272 e. The molecule has 2 aromatic rings. The number of aromatic nitrogens is 2. The molecule has 2 heterocycles. The van der Waals surface area contributed by atoms with Crippen LogP contribution in [0.2, 0.25) is 5.02 Å². The Labute approximate surface area is 199 Å². The summed E-state index contributed by atoms with van der Waals surface area (Å²) in [5.74, 6) is 1.86. The lowest BCUT2D eigenvalue weighted by molar-refractivity contribution is 0.0888. The van der Waals surface area contributed by atoms with Gasteiger partial charge in [0.25, 0.3) is 5.91 Å². The van der Waals surface area contributed by atoms with Gasteiger partial charge in [0, 0.05) is 25.2 Å². The van der Waals surface area contributed by atoms with Gasteiger partial charge in [-0.15, -0.1) is 10.2 Å². The topological polar surface area (TPSA) is 117 Å². The number of nitrogens with two attached hydrogens (primary N) is 1. The summed E-state index contributed by atoms with van der Waals surface area (Å²) in [5.41, 5.74) is 6.53. The molecule has 1 amide bonds. The summed E-state index contributed by atoms with van der Waals surface area (Å²) >= 11 is 6.08. The molecule has 1 aromatic heterocycles. The molecule has 3 N–H and O–H groups in total. The second-order valence-corrected chi connectivity index (χ2v) is 9.17. The predicted molar refractivity (Wildman–Crippen MR) is 126 cm³/mol. The Morgan fingerprint density at radius 2 is 1.91 bits per heavy atom. The highest BCUT2D eigenvalue weighted by molar-refractivity contribution is 6.31. The van der Waals surface area contributed by atoms with Gasteiger partial charge in [-0.05, 0) is 75.3 Å². The van der Waals surface area contributed by atoms with Crippen molar-refractivity contribution in [3.63, 3.8) is 0 Å². The lowest BCUT2D eigenvalue weighted by atomic mass is 9.93. The Bertz CT molecular complexity index is 993. The number of anilines is 1. The molecule has 9 heteroatoms. The molecular formula is C24H29ClN6O2. The highest BCUT2D eigenvalue weighted by Gasteiger charge is 2.25. The minimum absolute atomic E-state index is 0.0599. The van der Waals surface area contributed by atoms with E-state index < -0.39 is 0 Å². The first-order valence-electron chi connectivity index (χ1n) is 11.5. The average Bonchev–Trinajstić information content (AvgIpc) is 2.85. The number of hydrogen-bond acceptors (Lipinski definition) is 7. The Hall–Kier alpha value is -2.89. The molecule has 0 atom stereocenters. The first kappa shape index (κ1) is 23.3. The molecule has 1 saturated carbocycles. The van der Waals surface area contributed by atoms with Crippen molar-refractivity contribution in [3.05, 3.63) is 46.6 Å². The van der Waals surface area contributed by atoms with E-state index in [0.717, 1.165) is 64.0 Å². The third kappa shape index (κ3) is 5.92. The molecule has 0 unspecified atom stereocenters. The molecular weight excluding hydrogens is 440 g/mol. The van der Waals surface area contributed by atoms with Gasteiger partial charge in [0.15, 0.2) is 11.5 Å². The van der Waals surface area contributed by atoms with Crippen molar-refractivity contribution >= 4 is 23.3 Å². The van der Waals surface area contributed by atoms with Crippen LogP contribution in [0.3, 0.4) is 0 Å². The van der Waals surface area contributed by atoms with Crippen LogP contribution in [0.15, 0.2) is 30.3 Å². The summed E-state index contributed by atoms with van der Waals surface area (Å²) in [4.78, 5) is 14.8. The molecule has 4 rings (SSSR count). The summed E-state index contributed by atoms with van der Waals surface area (Å²) < 4.78 is 6.02. The smallest absolute Gasteiger partial charge is 0.272 e. The molecule has 174 valence electrons. The Balaban J connectivity index is 1.24. The maximum atomic E-state index is 12.6. The van der Waals surface area contributed by atoms with Gasteiger partial charge in [-0.1, -0.05) is 11.6 Å². The van der Waals surface area contributed by atoms with E-state index in [2.05, 4.69) is 20.4 Å². The number of carbonyl (C=O) groups excluding carboxylic acids is 1. The molecule has 2 fully saturated rings. The predicted octanol–water partition coefficient (Wildman–Crippen LogP) is 3.30. The number of benzene rings is 1. The second-order valence-electron chi connectivity index (χ2n) is 8.76. The maximum absolute atomic E-state index is 12.6. The Morgan fingerprint density at radius 3 is 2.52 bits per heavy atom. The summed E-state index contributed by atoms with van der Waals surface area (Å²) in [7, 11) is 0. The highest BCUT2D eigenvalue weighted by atomic mass is 35.5. The van der Waals surface area contributed by atoms with E-state index in [1.165, 1.54) is 0 Å². The Kier molecular flexibility index (Phi) is 7.63. The number of rotatable bonds is 6. The fraction of sp³-hybridized carbons (Fsp3) is 0.500. The molecule has 0 radical (unpaired) electrons. The zero-order valence-electron chi connectivity index (χ0n) is 18.5. The molecule has 33 heavy (non-hydrogen) atoms. The number of ether oxygens (including phenoxy) is 1. The largest absolute Gasteiger partial charge is 0.490 e. The second kappa shape index (κ2) is 10.8. The fourth-order valence-electron chi connectivity index (χ4n) is 4.45. The van der Waals surface area contributed by atoms with Crippen molar-refractivity contribution in [2.45, 2.75) is 50.7 Å². The quantitative estimate of drug-likeness (QED) is 0.667. The number of carbonyl (C=O) groups is 1. The molecule has 0 bridgehead atoms. The minimum atomic E-state index is -0.195. The molecule has 8 nitrogen and oxygen atoms in total. The molecule has 1 aromatic carbocycles. The van der Waals surface area contributed by atoms with Crippen molar-refractivity contribution < 1.29 is 9.53 Å². The average molecular weight is 469 g/mol. The van der Waals surface area contributed by atoms with Crippen molar-refractivity contribution in [2.24, 2.45) is 11.7 Å². The lowest BCUT2D eigenvalue weighted by Crippen LogP contribution is -2.40. The van der Waals surface area contributed by atoms with Gasteiger partial charge >= 0.3 is 0 Å². The van der Waals surface area contributed by atoms with Gasteiger partial charge in [-0.3, -0.25) is 4.79 Å². The van der Waals surface area contributed by atoms with E-state index in [4.69, 9.17) is 27.3 Å². The molecule has 1 aliphatic carbocycles. The SMILES string of the molecule is N#Cc1ccc(O[C@H]2CC[C@H](NC(=O)c3ccc(N4CCC(CN)CC4)nn3)CC2)cc1Cl. The van der Waals surface area contributed by atoms with Crippen molar-refractivity contribution in [1.82, 2.24) is 15.5 Å². The molecule has 1 saturated heterocycles. The third-order valence-corrected chi connectivity index (χ3v) is 6.84. The van der Waals surface area contributed by atoms with Crippen LogP contribution in [0.1, 0.15) is 54.6 Å². The lowest BCUT2D eigenvalue weighted by Gasteiger charge is -2.32. The van der Waals surface area contributed by atoms with E-state index in [9.17, 15) is 4.79 Å². The number of piperidine rings is 1. The molecule has 0 spiro atoms. The van der Waals surface area contributed by atoms with Crippen LogP contribution in [0, 0.1) is 17.2 Å². The first-order valence-corrected chi connectivity index (χ1v) is 11.9. The van der Waals surface area contributed by atoms with Crippen LogP contribution < -0.4 is 20.7 Å². The van der Waals surface area contributed by atoms with Gasteiger partial charge < -0.3 is 20.7 Å². The van der Waals surface area contributed by atoms with Crippen LogP contribution in [0.5, 0.6) is 5.75 Å². The normalized spacial score (nSPS) is 21.3. The summed E-state index contributed by atoms with van der Waals surface area (Å²) in [5, 5.41) is 20.9. The van der Waals surface area contributed by atoms with E-state index in [1.54, 1.807) is 24.3 Å². The van der Waals surface area contributed by atoms with Crippen molar-refractivity contribution in [3.8, 4) is 11.8 Å². The zero-order chi connectivity index (χ0) is 23.2. The van der Waals surface area contributed by atoms with E-state index in [-0.39, 0.29) is 18.1 Å². The third-order valence-electron chi connectivity index (χ3n) is 6.53. The summed E-state index contributed by atoms with van der Waals surface area (Å²) in [6.07, 6.45) is 5.47. The van der Waals surface area contributed by atoms with Gasteiger partial charge in [0.2, 0.25) is 0 Å². The zero-order valence-corrected chi connectivity index (χ0v) is 19.3. The molecule has 2 aliphatic rings. The van der Waals surface area contributed by atoms with Crippen molar-refractivity contribution in [2.75, 3.05) is 24.5 Å². The number of hydrogen-bond donors (Lipinski definition) is 2. The fourth-order valence-corrected chi connectivity index (χ4v) is 4.66. The number of nitrogens with zero attached hydrogens (tertiary/aromatic N) is 4. The first-order chi connectivity index (χ1) is 16.1. The number of nitrogens with one attached hydrogen (secondary N) is 1. The van der Waals surface area contributed by atoms with Crippen LogP contribution >= 0.6 is 11.6 Å². The van der Waals surface area contributed by atoms with E-state index >= 15 is 0 Å². The Morgan fingerprint density at radius 1 is 1.15 bits per heavy atom. The van der Waals surface area contributed by atoms with Gasteiger partial charge in [-0.2, -0.15) is 5.26 Å². The van der Waals surface area contributed by atoms with Crippen molar-refractivity contribution in [1.29, 1.82) is 5.26 Å². The van der Waals surface area contributed by atoms with E-state index in [0.29, 0.717) is 27.9 Å². The van der Waals surface area contributed by atoms with Gasteiger partial charge in [-0.25, -0.2) is 0 Å². The minimum Gasteiger partial charge on any atom is -0.490 e. The van der Waals surface area contributed by atoms with Crippen LogP contribution in [0.4, 0.5) is 5.82 Å². The highest BCUT2D eigenvalue weighted by Crippen LogP contribution is 2.27. The standard InChI is InChI=1S/C24H29ClN6O2/c25-21-13-20(4-1-17(21)15-27)33-19-5-2-18(3-6-19)28-24(32)22-7-8-23(30-29-22)31-11-9-16(14-26)10-12-31/h1,4,7-8,13,16,18-19H,2-3,5-6,9-12,14,26H2,(H,28,32)/t18-,19-. The van der Waals surface area contributed by atoms with Crippen LogP contribution in [-0.4, -0.2) is 47.9 Å². The van der Waals surface area contributed by atoms with Crippen LogP contribution in [0.25, 0.3) is 0 Å². The number of nitriles is 1. The summed E-state index contributed by atoms with van der Waals surface area (Å²) in [6.45, 7) is 2.57. The summed E-state index contributed by atoms with van der Waals surface area (Å²) in [6, 6.07) is 10.9. The van der Waals surface area contributed by atoms with E-state index in [1.807, 2.05) is 12.1 Å². The molecule has 1 aliphatic heterocycles. The van der Waals surface area contributed by atoms with Crippen LogP contribution in [-0.2, 0) is 0 Å². The number of amides is 1.